The van der Waals surface area contributed by atoms with E-state index in [2.05, 4.69) is 4.98 Å². The lowest BCUT2D eigenvalue weighted by atomic mass is 10.0. The second-order valence-corrected chi connectivity index (χ2v) is 6.03. The number of carboxylic acid groups (broad SMARTS) is 1. The largest absolute Gasteiger partial charge is 0.489 e. The van der Waals surface area contributed by atoms with Gasteiger partial charge >= 0.3 is 5.97 Å². The maximum absolute atomic E-state index is 12.7. The number of amides is 1. The molecule has 0 spiro atoms. The summed E-state index contributed by atoms with van der Waals surface area (Å²) in [5.74, 6) is -0.644. The summed E-state index contributed by atoms with van der Waals surface area (Å²) in [6.07, 6.45) is 5.57. The summed E-state index contributed by atoms with van der Waals surface area (Å²) >= 11 is 0. The summed E-state index contributed by atoms with van der Waals surface area (Å²) in [4.78, 5) is 29.6. The minimum absolute atomic E-state index is 0.265. The van der Waals surface area contributed by atoms with E-state index in [9.17, 15) is 14.7 Å². The molecule has 1 aromatic carbocycles. The Balaban J connectivity index is 1.71. The van der Waals surface area contributed by atoms with E-state index in [1.165, 1.54) is 4.90 Å². The van der Waals surface area contributed by atoms with Gasteiger partial charge in [-0.1, -0.05) is 12.1 Å². The van der Waals surface area contributed by atoms with E-state index in [1.54, 1.807) is 36.7 Å². The molecule has 0 aliphatic carbocycles. The lowest BCUT2D eigenvalue weighted by molar-refractivity contribution is -0.143. The molecule has 1 aromatic heterocycles. The monoisotopic (exact) mass is 340 g/mol. The van der Waals surface area contributed by atoms with Crippen molar-refractivity contribution in [2.75, 3.05) is 6.54 Å². The van der Waals surface area contributed by atoms with Gasteiger partial charge in [-0.15, -0.1) is 0 Å². The molecule has 0 saturated carbocycles. The lowest BCUT2D eigenvalue weighted by Gasteiger charge is -2.33. The maximum Gasteiger partial charge on any atom is 0.326 e. The number of piperidine rings is 1. The first kappa shape index (κ1) is 17.0. The van der Waals surface area contributed by atoms with Crippen LogP contribution in [0, 0.1) is 0 Å². The summed E-state index contributed by atoms with van der Waals surface area (Å²) in [6, 6.07) is 9.86. The standard InChI is InChI=1S/C19H20N2O4/c22-18(21-10-2-1-8-17(21)19(23)24)15-6-3-7-16(11-15)25-13-14-5-4-9-20-12-14/h3-7,9,11-12,17H,1-2,8,10,13H2,(H,23,24)/t17-/m1/s1. The highest BCUT2D eigenvalue weighted by molar-refractivity contribution is 5.97. The third kappa shape index (κ3) is 4.15. The average molecular weight is 340 g/mol. The lowest BCUT2D eigenvalue weighted by Crippen LogP contribution is -2.47. The Bertz CT molecular complexity index is 748. The second-order valence-electron chi connectivity index (χ2n) is 6.03. The number of carbonyl (C=O) groups excluding carboxylic acids is 1. The van der Waals surface area contributed by atoms with Gasteiger partial charge in [0, 0.05) is 30.1 Å². The molecule has 1 amide bonds. The summed E-state index contributed by atoms with van der Waals surface area (Å²) in [7, 11) is 0. The van der Waals surface area contributed by atoms with Gasteiger partial charge in [0.05, 0.1) is 0 Å². The van der Waals surface area contributed by atoms with Crippen LogP contribution in [0.1, 0.15) is 35.2 Å². The molecule has 6 heteroatoms. The highest BCUT2D eigenvalue weighted by atomic mass is 16.5. The maximum atomic E-state index is 12.7. The van der Waals surface area contributed by atoms with E-state index in [4.69, 9.17) is 4.74 Å². The molecule has 1 aliphatic heterocycles. The number of aliphatic carboxylic acids is 1. The SMILES string of the molecule is O=C(O)[C@H]1CCCCN1C(=O)c1cccc(OCc2cccnc2)c1. The third-order valence-electron chi connectivity index (χ3n) is 4.26. The number of carboxylic acids is 1. The molecule has 0 radical (unpaired) electrons. The van der Waals surface area contributed by atoms with E-state index >= 15 is 0 Å². The van der Waals surface area contributed by atoms with Gasteiger partial charge in [-0.2, -0.15) is 0 Å². The van der Waals surface area contributed by atoms with Crippen LogP contribution in [0.3, 0.4) is 0 Å². The van der Waals surface area contributed by atoms with Crippen molar-refractivity contribution in [3.63, 3.8) is 0 Å². The topological polar surface area (TPSA) is 79.7 Å². The average Bonchev–Trinajstić information content (AvgIpc) is 2.67. The van der Waals surface area contributed by atoms with Crippen LogP contribution in [0.15, 0.2) is 48.8 Å². The van der Waals surface area contributed by atoms with Crippen LogP contribution in [0.25, 0.3) is 0 Å². The molecule has 3 rings (SSSR count). The first-order chi connectivity index (χ1) is 12.1. The number of nitrogens with zero attached hydrogens (tertiary/aromatic N) is 2. The van der Waals surface area contributed by atoms with Crippen LogP contribution in [0.5, 0.6) is 5.75 Å². The zero-order valence-corrected chi connectivity index (χ0v) is 13.8. The second kappa shape index (κ2) is 7.79. The molecule has 1 N–H and O–H groups in total. The predicted octanol–water partition coefficient (Wildman–Crippen LogP) is 2.74. The fraction of sp³-hybridized carbons (Fsp3) is 0.316. The molecule has 2 heterocycles. The van der Waals surface area contributed by atoms with Gasteiger partial charge in [0.2, 0.25) is 0 Å². The van der Waals surface area contributed by atoms with Crippen LogP contribution in [-0.4, -0.2) is 39.5 Å². The Morgan fingerprint density at radius 3 is 2.88 bits per heavy atom. The van der Waals surface area contributed by atoms with Crippen LogP contribution in [0.4, 0.5) is 0 Å². The van der Waals surface area contributed by atoms with Gasteiger partial charge in [0.25, 0.3) is 5.91 Å². The van der Waals surface area contributed by atoms with Crippen LogP contribution in [-0.2, 0) is 11.4 Å². The normalized spacial score (nSPS) is 17.1. The van der Waals surface area contributed by atoms with Crippen molar-refractivity contribution in [1.82, 2.24) is 9.88 Å². The number of ether oxygens (including phenoxy) is 1. The Hall–Kier alpha value is -2.89. The zero-order chi connectivity index (χ0) is 17.6. The van der Waals surface area contributed by atoms with E-state index in [-0.39, 0.29) is 5.91 Å². The summed E-state index contributed by atoms with van der Waals surface area (Å²) in [5, 5.41) is 9.34. The van der Waals surface area contributed by atoms with Gasteiger partial charge in [0.15, 0.2) is 0 Å². The van der Waals surface area contributed by atoms with Gasteiger partial charge in [-0.25, -0.2) is 4.79 Å². The van der Waals surface area contributed by atoms with E-state index in [1.807, 2.05) is 12.1 Å². The van der Waals surface area contributed by atoms with E-state index < -0.39 is 12.0 Å². The molecule has 6 nitrogen and oxygen atoms in total. The van der Waals surface area contributed by atoms with Gasteiger partial charge < -0.3 is 14.7 Å². The van der Waals surface area contributed by atoms with Crippen molar-refractivity contribution in [1.29, 1.82) is 0 Å². The summed E-state index contributed by atoms with van der Waals surface area (Å²) in [6.45, 7) is 0.823. The molecule has 0 bridgehead atoms. The molecule has 1 atom stereocenters. The number of rotatable bonds is 5. The van der Waals surface area contributed by atoms with E-state index in [0.717, 1.165) is 18.4 Å². The number of benzene rings is 1. The summed E-state index contributed by atoms with van der Waals surface area (Å²) < 4.78 is 5.72. The number of carbonyl (C=O) groups is 2. The molecule has 1 fully saturated rings. The summed E-state index contributed by atoms with van der Waals surface area (Å²) in [5.41, 5.74) is 1.37. The number of hydrogen-bond donors (Lipinski definition) is 1. The van der Waals surface area contributed by atoms with Crippen LogP contribution >= 0.6 is 0 Å². The fourth-order valence-electron chi connectivity index (χ4n) is 2.97. The quantitative estimate of drug-likeness (QED) is 0.905. The molecular formula is C19H20N2O4. The number of likely N-dealkylation sites (tertiary alicyclic amines) is 1. The highest BCUT2D eigenvalue weighted by Crippen LogP contribution is 2.22. The molecule has 1 aliphatic rings. The Kier molecular flexibility index (Phi) is 5.28. The fourth-order valence-corrected chi connectivity index (χ4v) is 2.97. The predicted molar refractivity (Wildman–Crippen MR) is 91.3 cm³/mol. The molecule has 2 aromatic rings. The molecule has 0 unspecified atom stereocenters. The Morgan fingerprint density at radius 2 is 2.12 bits per heavy atom. The first-order valence-electron chi connectivity index (χ1n) is 8.30. The van der Waals surface area contributed by atoms with Crippen molar-refractivity contribution < 1.29 is 19.4 Å². The molecule has 1 saturated heterocycles. The third-order valence-corrected chi connectivity index (χ3v) is 4.26. The van der Waals surface area contributed by atoms with Crippen molar-refractivity contribution in [3.8, 4) is 5.75 Å². The van der Waals surface area contributed by atoms with Crippen molar-refractivity contribution in [2.24, 2.45) is 0 Å². The number of pyridine rings is 1. The van der Waals surface area contributed by atoms with Crippen molar-refractivity contribution in [2.45, 2.75) is 31.9 Å². The van der Waals surface area contributed by atoms with E-state index in [0.29, 0.717) is 30.9 Å². The minimum atomic E-state index is -0.947. The molecule has 130 valence electrons. The van der Waals surface area contributed by atoms with Crippen molar-refractivity contribution >= 4 is 11.9 Å². The first-order valence-corrected chi connectivity index (χ1v) is 8.30. The van der Waals surface area contributed by atoms with Gasteiger partial charge in [0.1, 0.15) is 18.4 Å². The zero-order valence-electron chi connectivity index (χ0n) is 13.8. The van der Waals surface area contributed by atoms with Crippen LogP contribution in [0.2, 0.25) is 0 Å². The number of hydrogen-bond acceptors (Lipinski definition) is 4. The van der Waals surface area contributed by atoms with Crippen LogP contribution < -0.4 is 4.74 Å². The van der Waals surface area contributed by atoms with Crippen molar-refractivity contribution in [3.05, 3.63) is 59.9 Å². The Morgan fingerprint density at radius 1 is 1.24 bits per heavy atom. The molecular weight excluding hydrogens is 320 g/mol. The molecule has 25 heavy (non-hydrogen) atoms. The smallest absolute Gasteiger partial charge is 0.326 e. The van der Waals surface area contributed by atoms with Gasteiger partial charge in [-0.3, -0.25) is 9.78 Å². The Labute approximate surface area is 146 Å². The minimum Gasteiger partial charge on any atom is -0.489 e. The van der Waals surface area contributed by atoms with Gasteiger partial charge in [-0.05, 0) is 43.5 Å². The highest BCUT2D eigenvalue weighted by Gasteiger charge is 2.32. The number of aromatic nitrogens is 1.